The van der Waals surface area contributed by atoms with Crippen molar-refractivity contribution in [2.75, 3.05) is 5.75 Å². The van der Waals surface area contributed by atoms with Crippen LogP contribution in [-0.4, -0.2) is 26.4 Å². The summed E-state index contributed by atoms with van der Waals surface area (Å²) in [6.07, 6.45) is 3.67. The van der Waals surface area contributed by atoms with Gasteiger partial charge in [-0.25, -0.2) is 4.98 Å². The maximum Gasteiger partial charge on any atom is 0.313 e. The summed E-state index contributed by atoms with van der Waals surface area (Å²) in [5.74, 6) is -0.769. The monoisotopic (exact) mass is 374 g/mol. The van der Waals surface area contributed by atoms with Crippen molar-refractivity contribution in [1.82, 2.24) is 9.55 Å². The summed E-state index contributed by atoms with van der Waals surface area (Å²) < 4.78 is 3.26. The molecular weight excluding hydrogens is 360 g/mol. The lowest BCUT2D eigenvalue weighted by Crippen LogP contribution is -2.07. The Morgan fingerprint density at radius 3 is 2.95 bits per heavy atom. The lowest BCUT2D eigenvalue weighted by molar-refractivity contribution is -0.133. The minimum absolute atomic E-state index is 0.0463. The lowest BCUT2D eigenvalue weighted by atomic mass is 10.3. The molecule has 0 aliphatic heterocycles. The zero-order valence-corrected chi connectivity index (χ0v) is 14.2. The number of halogens is 1. The molecule has 1 N–H and O–H groups in total. The number of imidazole rings is 1. The van der Waals surface area contributed by atoms with E-state index in [2.05, 4.69) is 44.5 Å². The zero-order valence-electron chi connectivity index (χ0n) is 11.0. The molecule has 0 aromatic carbocycles. The first-order valence-electron chi connectivity index (χ1n) is 6.23. The van der Waals surface area contributed by atoms with Crippen LogP contribution in [-0.2, 0) is 24.2 Å². The van der Waals surface area contributed by atoms with E-state index < -0.39 is 5.97 Å². The zero-order chi connectivity index (χ0) is 14.5. The fourth-order valence-electron chi connectivity index (χ4n) is 1.86. The summed E-state index contributed by atoms with van der Waals surface area (Å²) in [7, 11) is 0. The van der Waals surface area contributed by atoms with Crippen LogP contribution in [0, 0.1) is 0 Å². The summed E-state index contributed by atoms with van der Waals surface area (Å²) in [5, 5.41) is 9.57. The van der Waals surface area contributed by atoms with E-state index in [0.717, 1.165) is 34.0 Å². The first kappa shape index (κ1) is 15.6. The lowest BCUT2D eigenvalue weighted by Gasteiger charge is -2.09. The highest BCUT2D eigenvalue weighted by Gasteiger charge is 2.11. The van der Waals surface area contributed by atoms with E-state index in [1.54, 1.807) is 11.3 Å². The number of nitrogens with zero attached hydrogens (tertiary/aromatic N) is 2. The SMILES string of the molecule is CCc1cnc(SCC(=O)O)n1CCc1ccc(Br)s1. The molecule has 7 heteroatoms. The number of carboxylic acid groups (broad SMARTS) is 1. The third kappa shape index (κ3) is 4.10. The van der Waals surface area contributed by atoms with Crippen molar-refractivity contribution in [3.05, 3.63) is 32.7 Å². The minimum atomic E-state index is -0.815. The molecule has 0 bridgehead atoms. The van der Waals surface area contributed by atoms with Gasteiger partial charge in [-0.05, 0) is 40.9 Å². The normalized spacial score (nSPS) is 10.9. The Labute approximate surface area is 134 Å². The fraction of sp³-hybridized carbons (Fsp3) is 0.385. The van der Waals surface area contributed by atoms with E-state index in [4.69, 9.17) is 5.11 Å². The number of thiophene rings is 1. The van der Waals surface area contributed by atoms with Gasteiger partial charge in [-0.1, -0.05) is 18.7 Å². The molecule has 2 rings (SSSR count). The largest absolute Gasteiger partial charge is 0.481 e. The smallest absolute Gasteiger partial charge is 0.313 e. The van der Waals surface area contributed by atoms with E-state index >= 15 is 0 Å². The van der Waals surface area contributed by atoms with Crippen molar-refractivity contribution in [3.63, 3.8) is 0 Å². The van der Waals surface area contributed by atoms with Crippen LogP contribution in [0.5, 0.6) is 0 Å². The van der Waals surface area contributed by atoms with Gasteiger partial charge >= 0.3 is 5.97 Å². The van der Waals surface area contributed by atoms with E-state index in [0.29, 0.717) is 0 Å². The van der Waals surface area contributed by atoms with Crippen LogP contribution >= 0.6 is 39.0 Å². The Bertz CT molecular complexity index is 595. The number of carboxylic acids is 1. The molecule has 0 saturated carbocycles. The summed E-state index contributed by atoms with van der Waals surface area (Å²) >= 11 is 6.47. The second kappa shape index (κ2) is 7.28. The first-order chi connectivity index (χ1) is 9.60. The molecule has 0 fully saturated rings. The van der Waals surface area contributed by atoms with Crippen LogP contribution in [0.25, 0.3) is 0 Å². The predicted octanol–water partition coefficient (Wildman–Crippen LogP) is 3.69. The van der Waals surface area contributed by atoms with Crippen molar-refractivity contribution < 1.29 is 9.90 Å². The molecule has 108 valence electrons. The predicted molar refractivity (Wildman–Crippen MR) is 85.7 cm³/mol. The molecule has 2 heterocycles. The van der Waals surface area contributed by atoms with Gasteiger partial charge in [-0.3, -0.25) is 4.79 Å². The third-order valence-corrected chi connectivity index (χ3v) is 5.46. The summed E-state index contributed by atoms with van der Waals surface area (Å²) in [4.78, 5) is 16.3. The maximum absolute atomic E-state index is 10.7. The van der Waals surface area contributed by atoms with Gasteiger partial charge in [0.1, 0.15) is 0 Å². The van der Waals surface area contributed by atoms with Crippen LogP contribution < -0.4 is 0 Å². The Morgan fingerprint density at radius 1 is 1.55 bits per heavy atom. The highest BCUT2D eigenvalue weighted by Crippen LogP contribution is 2.24. The Kier molecular flexibility index (Phi) is 5.68. The van der Waals surface area contributed by atoms with Crippen molar-refractivity contribution in [1.29, 1.82) is 0 Å². The molecule has 2 aromatic heterocycles. The van der Waals surface area contributed by atoms with E-state index in [1.165, 1.54) is 16.6 Å². The maximum atomic E-state index is 10.7. The van der Waals surface area contributed by atoms with Crippen molar-refractivity contribution in [3.8, 4) is 0 Å². The van der Waals surface area contributed by atoms with Gasteiger partial charge in [-0.15, -0.1) is 11.3 Å². The standard InChI is InChI=1S/C13H15BrN2O2S2/c1-2-9-7-15-13(19-8-12(17)18)16(9)6-5-10-3-4-11(14)20-10/h3-4,7H,2,5-6,8H2,1H3,(H,17,18). The highest BCUT2D eigenvalue weighted by atomic mass is 79.9. The third-order valence-electron chi connectivity index (χ3n) is 2.80. The Hall–Kier alpha value is -0.790. The van der Waals surface area contributed by atoms with Gasteiger partial charge in [0.15, 0.2) is 5.16 Å². The van der Waals surface area contributed by atoms with Gasteiger partial charge < -0.3 is 9.67 Å². The molecule has 0 spiro atoms. The van der Waals surface area contributed by atoms with Crippen molar-refractivity contribution >= 4 is 45.0 Å². The van der Waals surface area contributed by atoms with Crippen LogP contribution in [0.2, 0.25) is 0 Å². The number of aliphatic carboxylic acids is 1. The molecule has 20 heavy (non-hydrogen) atoms. The van der Waals surface area contributed by atoms with Crippen LogP contribution in [0.1, 0.15) is 17.5 Å². The topological polar surface area (TPSA) is 55.1 Å². The average molecular weight is 375 g/mol. The quantitative estimate of drug-likeness (QED) is 0.750. The fourth-order valence-corrected chi connectivity index (χ4v) is 4.08. The first-order valence-corrected chi connectivity index (χ1v) is 8.83. The summed E-state index contributed by atoms with van der Waals surface area (Å²) in [6, 6.07) is 4.16. The van der Waals surface area contributed by atoms with Crippen LogP contribution in [0.15, 0.2) is 27.3 Å². The number of hydrogen-bond acceptors (Lipinski definition) is 4. The van der Waals surface area contributed by atoms with Crippen molar-refractivity contribution in [2.24, 2.45) is 0 Å². The van der Waals surface area contributed by atoms with E-state index in [-0.39, 0.29) is 5.75 Å². The molecule has 4 nitrogen and oxygen atoms in total. The van der Waals surface area contributed by atoms with Crippen molar-refractivity contribution in [2.45, 2.75) is 31.5 Å². The van der Waals surface area contributed by atoms with Gasteiger partial charge in [0.05, 0.1) is 9.54 Å². The molecule has 0 unspecified atom stereocenters. The molecule has 0 aliphatic carbocycles. The summed E-state index contributed by atoms with van der Waals surface area (Å²) in [5.41, 5.74) is 1.15. The van der Waals surface area contributed by atoms with Gasteiger partial charge in [0.25, 0.3) is 0 Å². The number of aryl methyl sites for hydroxylation is 2. The molecule has 0 amide bonds. The number of rotatable bonds is 7. The Morgan fingerprint density at radius 2 is 2.35 bits per heavy atom. The molecule has 0 saturated heterocycles. The number of aromatic nitrogens is 2. The van der Waals surface area contributed by atoms with Gasteiger partial charge in [-0.2, -0.15) is 0 Å². The summed E-state index contributed by atoms with van der Waals surface area (Å²) in [6.45, 7) is 2.92. The van der Waals surface area contributed by atoms with Gasteiger partial charge in [0.2, 0.25) is 0 Å². The van der Waals surface area contributed by atoms with E-state index in [9.17, 15) is 4.79 Å². The number of thioether (sulfide) groups is 1. The number of hydrogen-bond donors (Lipinski definition) is 1. The molecule has 0 aliphatic rings. The van der Waals surface area contributed by atoms with E-state index in [1.807, 2.05) is 6.20 Å². The molecule has 0 atom stereocenters. The highest BCUT2D eigenvalue weighted by molar-refractivity contribution is 9.11. The molecule has 0 radical (unpaired) electrons. The van der Waals surface area contributed by atoms with Gasteiger partial charge in [0, 0.05) is 23.3 Å². The second-order valence-corrected chi connectivity index (χ2v) is 7.67. The second-order valence-electron chi connectivity index (χ2n) is 4.18. The average Bonchev–Trinajstić information content (AvgIpc) is 2.99. The molecular formula is C13H15BrN2O2S2. The minimum Gasteiger partial charge on any atom is -0.481 e. The number of carbonyl (C=O) groups is 1. The van der Waals surface area contributed by atoms with Crippen LogP contribution in [0.4, 0.5) is 0 Å². The van der Waals surface area contributed by atoms with Crippen LogP contribution in [0.3, 0.4) is 0 Å². The Balaban J connectivity index is 2.07. The molecule has 2 aromatic rings.